The Bertz CT molecular complexity index is 362. The first kappa shape index (κ1) is 13.4. The quantitative estimate of drug-likeness (QED) is 0.631. The Morgan fingerprint density at radius 2 is 2.11 bits per heavy atom. The molecule has 2 nitrogen and oxygen atoms in total. The second-order valence-electron chi connectivity index (χ2n) is 5.76. The first-order valence-electron chi connectivity index (χ1n) is 7.32. The molecule has 2 unspecified atom stereocenters. The van der Waals surface area contributed by atoms with Gasteiger partial charge in [0.15, 0.2) is 0 Å². The molecule has 1 saturated carbocycles. The van der Waals surface area contributed by atoms with Gasteiger partial charge in [0.05, 0.1) is 0 Å². The molecule has 0 aliphatic heterocycles. The summed E-state index contributed by atoms with van der Waals surface area (Å²) in [5.41, 5.74) is 8.00. The van der Waals surface area contributed by atoms with Crippen LogP contribution >= 0.6 is 0 Å². The van der Waals surface area contributed by atoms with Crippen molar-refractivity contribution < 1.29 is 0 Å². The van der Waals surface area contributed by atoms with Crippen LogP contribution in [0.25, 0.3) is 0 Å². The van der Waals surface area contributed by atoms with Gasteiger partial charge in [-0.2, -0.15) is 0 Å². The van der Waals surface area contributed by atoms with E-state index in [0.717, 1.165) is 30.6 Å². The number of benzene rings is 1. The number of hydrogen-bond acceptors (Lipinski definition) is 2. The summed E-state index contributed by atoms with van der Waals surface area (Å²) in [6.07, 6.45) is 7.96. The van der Waals surface area contributed by atoms with E-state index in [1.54, 1.807) is 0 Å². The highest BCUT2D eigenvalue weighted by molar-refractivity contribution is 5.40. The van der Waals surface area contributed by atoms with Gasteiger partial charge in [-0.05, 0) is 55.8 Å². The monoisotopic (exact) mass is 246 g/mol. The number of nitrogens with one attached hydrogen (secondary N) is 1. The van der Waals surface area contributed by atoms with Crippen LogP contribution in [-0.2, 0) is 6.42 Å². The molecule has 18 heavy (non-hydrogen) atoms. The summed E-state index contributed by atoms with van der Waals surface area (Å²) in [7, 11) is 0. The van der Waals surface area contributed by atoms with Crippen LogP contribution in [0.1, 0.15) is 44.6 Å². The number of anilines is 1. The van der Waals surface area contributed by atoms with E-state index in [1.807, 2.05) is 12.1 Å². The zero-order valence-electron chi connectivity index (χ0n) is 11.5. The van der Waals surface area contributed by atoms with Crippen molar-refractivity contribution in [2.75, 3.05) is 12.3 Å². The summed E-state index contributed by atoms with van der Waals surface area (Å²) in [5.74, 6) is 0.922. The lowest BCUT2D eigenvalue weighted by Gasteiger charge is -2.16. The normalized spacial score (nSPS) is 24.7. The van der Waals surface area contributed by atoms with Gasteiger partial charge in [-0.3, -0.25) is 0 Å². The minimum absolute atomic E-state index is 0.732. The second kappa shape index (κ2) is 6.79. The lowest BCUT2D eigenvalue weighted by molar-refractivity contribution is 0.451. The maximum absolute atomic E-state index is 5.79. The standard InChI is InChI=1S/C16H26N2/c1-13-4-2-7-16(9-8-13)18-11-10-14-5-3-6-15(17)12-14/h3,5-6,12-13,16,18H,2,4,7-11,17H2,1H3. The second-order valence-corrected chi connectivity index (χ2v) is 5.76. The Labute approximate surface area is 111 Å². The van der Waals surface area contributed by atoms with Crippen LogP contribution in [0.4, 0.5) is 5.69 Å². The van der Waals surface area contributed by atoms with Crippen molar-refractivity contribution in [2.24, 2.45) is 5.92 Å². The van der Waals surface area contributed by atoms with Gasteiger partial charge >= 0.3 is 0 Å². The summed E-state index contributed by atoms with van der Waals surface area (Å²) in [4.78, 5) is 0. The minimum Gasteiger partial charge on any atom is -0.399 e. The molecular weight excluding hydrogens is 220 g/mol. The largest absolute Gasteiger partial charge is 0.399 e. The van der Waals surface area contributed by atoms with Crippen LogP contribution in [0.5, 0.6) is 0 Å². The van der Waals surface area contributed by atoms with E-state index in [-0.39, 0.29) is 0 Å². The molecule has 1 fully saturated rings. The van der Waals surface area contributed by atoms with Gasteiger partial charge in [0.25, 0.3) is 0 Å². The predicted molar refractivity (Wildman–Crippen MR) is 78.6 cm³/mol. The van der Waals surface area contributed by atoms with Crippen molar-refractivity contribution in [3.63, 3.8) is 0 Å². The average molecular weight is 246 g/mol. The van der Waals surface area contributed by atoms with E-state index < -0.39 is 0 Å². The average Bonchev–Trinajstić information content (AvgIpc) is 2.55. The molecule has 0 aromatic heterocycles. The summed E-state index contributed by atoms with van der Waals surface area (Å²) < 4.78 is 0. The first-order chi connectivity index (χ1) is 8.74. The summed E-state index contributed by atoms with van der Waals surface area (Å²) in [5, 5.41) is 3.71. The van der Waals surface area contributed by atoms with Gasteiger partial charge in [0.2, 0.25) is 0 Å². The van der Waals surface area contributed by atoms with Crippen molar-refractivity contribution in [3.05, 3.63) is 29.8 Å². The molecule has 0 radical (unpaired) electrons. The molecule has 0 bridgehead atoms. The van der Waals surface area contributed by atoms with Gasteiger partial charge in [-0.25, -0.2) is 0 Å². The summed E-state index contributed by atoms with van der Waals surface area (Å²) in [6, 6.07) is 8.96. The van der Waals surface area contributed by atoms with Crippen molar-refractivity contribution >= 4 is 5.69 Å². The van der Waals surface area contributed by atoms with Gasteiger partial charge in [0, 0.05) is 11.7 Å². The lowest BCUT2D eigenvalue weighted by atomic mass is 10.0. The molecule has 2 rings (SSSR count). The van der Waals surface area contributed by atoms with E-state index in [2.05, 4.69) is 24.4 Å². The van der Waals surface area contributed by atoms with Crippen LogP contribution in [0, 0.1) is 5.92 Å². The third-order valence-corrected chi connectivity index (χ3v) is 4.06. The van der Waals surface area contributed by atoms with Gasteiger partial charge in [-0.1, -0.05) is 31.9 Å². The van der Waals surface area contributed by atoms with E-state index >= 15 is 0 Å². The van der Waals surface area contributed by atoms with Crippen LogP contribution in [0.3, 0.4) is 0 Å². The predicted octanol–water partition coefficient (Wildman–Crippen LogP) is 3.37. The molecular formula is C16H26N2. The zero-order valence-corrected chi connectivity index (χ0v) is 11.5. The molecule has 100 valence electrons. The highest BCUT2D eigenvalue weighted by atomic mass is 14.9. The highest BCUT2D eigenvalue weighted by Gasteiger charge is 2.15. The molecule has 0 amide bonds. The zero-order chi connectivity index (χ0) is 12.8. The molecule has 1 aliphatic carbocycles. The van der Waals surface area contributed by atoms with Gasteiger partial charge in [0.1, 0.15) is 0 Å². The fourth-order valence-corrected chi connectivity index (χ4v) is 2.86. The Morgan fingerprint density at radius 1 is 1.22 bits per heavy atom. The van der Waals surface area contributed by atoms with Crippen LogP contribution < -0.4 is 11.1 Å². The fraction of sp³-hybridized carbons (Fsp3) is 0.625. The molecule has 1 aliphatic rings. The lowest BCUT2D eigenvalue weighted by Crippen LogP contribution is -2.30. The first-order valence-corrected chi connectivity index (χ1v) is 7.32. The number of hydrogen-bond donors (Lipinski definition) is 2. The van der Waals surface area contributed by atoms with Gasteiger partial charge < -0.3 is 11.1 Å². The molecule has 0 heterocycles. The molecule has 0 saturated heterocycles. The molecule has 1 aromatic rings. The summed E-state index contributed by atoms with van der Waals surface area (Å²) in [6.45, 7) is 3.46. The van der Waals surface area contributed by atoms with Crippen molar-refractivity contribution in [2.45, 2.75) is 51.5 Å². The number of nitrogens with two attached hydrogens (primary N) is 1. The van der Waals surface area contributed by atoms with Crippen molar-refractivity contribution in [1.82, 2.24) is 5.32 Å². The fourth-order valence-electron chi connectivity index (χ4n) is 2.86. The topological polar surface area (TPSA) is 38.0 Å². The van der Waals surface area contributed by atoms with Crippen LogP contribution in [0.2, 0.25) is 0 Å². The Kier molecular flexibility index (Phi) is 5.06. The summed E-state index contributed by atoms with van der Waals surface area (Å²) >= 11 is 0. The molecule has 2 atom stereocenters. The van der Waals surface area contributed by atoms with E-state index in [9.17, 15) is 0 Å². The molecule has 2 heteroatoms. The van der Waals surface area contributed by atoms with E-state index in [1.165, 1.54) is 37.7 Å². The highest BCUT2D eigenvalue weighted by Crippen LogP contribution is 2.22. The molecule has 1 aromatic carbocycles. The third kappa shape index (κ3) is 4.34. The maximum Gasteiger partial charge on any atom is 0.0316 e. The van der Waals surface area contributed by atoms with Crippen molar-refractivity contribution in [1.29, 1.82) is 0 Å². The van der Waals surface area contributed by atoms with Crippen LogP contribution in [-0.4, -0.2) is 12.6 Å². The molecule has 0 spiro atoms. The maximum atomic E-state index is 5.79. The Hall–Kier alpha value is -1.02. The van der Waals surface area contributed by atoms with Crippen molar-refractivity contribution in [3.8, 4) is 0 Å². The minimum atomic E-state index is 0.732. The number of rotatable bonds is 4. The Balaban J connectivity index is 1.71. The smallest absolute Gasteiger partial charge is 0.0316 e. The Morgan fingerprint density at radius 3 is 2.94 bits per heavy atom. The third-order valence-electron chi connectivity index (χ3n) is 4.06. The molecule has 3 N–H and O–H groups in total. The SMILES string of the molecule is CC1CCCC(NCCc2cccc(N)c2)CC1. The van der Waals surface area contributed by atoms with E-state index in [4.69, 9.17) is 5.73 Å². The number of nitrogen functional groups attached to an aromatic ring is 1. The van der Waals surface area contributed by atoms with Crippen LogP contribution in [0.15, 0.2) is 24.3 Å². The van der Waals surface area contributed by atoms with E-state index in [0.29, 0.717) is 0 Å². The van der Waals surface area contributed by atoms with Gasteiger partial charge in [-0.15, -0.1) is 0 Å².